The van der Waals surface area contributed by atoms with Crippen LogP contribution in [0.25, 0.3) is 0 Å². The first-order chi connectivity index (χ1) is 10.3. The van der Waals surface area contributed by atoms with Crippen LogP contribution < -0.4 is 10.1 Å². The number of fused-ring (bicyclic) bond motifs is 1. The van der Waals surface area contributed by atoms with Crippen LogP contribution in [-0.4, -0.2) is 23.1 Å². The summed E-state index contributed by atoms with van der Waals surface area (Å²) in [5, 5.41) is 3.48. The molecule has 1 unspecified atom stereocenters. The highest BCUT2D eigenvalue weighted by atomic mass is 16.5. The van der Waals surface area contributed by atoms with Crippen molar-refractivity contribution in [2.75, 3.05) is 13.2 Å². The minimum atomic E-state index is -0.0244. The first kappa shape index (κ1) is 14.0. The molecule has 0 saturated heterocycles. The molecule has 1 aromatic heterocycles. The predicted octanol–water partition coefficient (Wildman–Crippen LogP) is 2.81. The van der Waals surface area contributed by atoms with Crippen molar-refractivity contribution in [3.8, 4) is 5.75 Å². The lowest BCUT2D eigenvalue weighted by Gasteiger charge is -2.25. The summed E-state index contributed by atoms with van der Waals surface area (Å²) in [6.45, 7) is 5.74. The van der Waals surface area contributed by atoms with Gasteiger partial charge in [0.25, 0.3) is 0 Å². The summed E-state index contributed by atoms with van der Waals surface area (Å²) in [4.78, 5) is 8.99. The fraction of sp³-hybridized carbons (Fsp3) is 0.412. The third-order valence-electron chi connectivity index (χ3n) is 3.74. The fourth-order valence-corrected chi connectivity index (χ4v) is 2.74. The maximum Gasteiger partial charge on any atom is 0.149 e. The average molecular weight is 283 g/mol. The van der Waals surface area contributed by atoms with E-state index in [1.807, 2.05) is 19.3 Å². The smallest absolute Gasteiger partial charge is 0.149 e. The Morgan fingerprint density at radius 2 is 2.10 bits per heavy atom. The molecular weight excluding hydrogens is 262 g/mol. The molecule has 21 heavy (non-hydrogen) atoms. The minimum absolute atomic E-state index is 0.0244. The van der Waals surface area contributed by atoms with Gasteiger partial charge in [0, 0.05) is 18.0 Å². The number of nitrogens with one attached hydrogen (secondary N) is 1. The molecule has 0 radical (unpaired) electrons. The van der Waals surface area contributed by atoms with Gasteiger partial charge >= 0.3 is 0 Å². The van der Waals surface area contributed by atoms with E-state index in [0.29, 0.717) is 0 Å². The van der Waals surface area contributed by atoms with E-state index in [-0.39, 0.29) is 6.04 Å². The fourth-order valence-electron chi connectivity index (χ4n) is 2.74. The molecule has 0 bridgehead atoms. The second-order valence-corrected chi connectivity index (χ2v) is 5.40. The van der Waals surface area contributed by atoms with Crippen molar-refractivity contribution >= 4 is 0 Å². The standard InChI is InChI=1S/C17H21N3O/c1-3-18-15(17-19-10-12(2)11-20-17)14-8-4-6-13-7-5-9-21-16(13)14/h4,6,8,10-11,15,18H,3,5,7,9H2,1-2H3. The Balaban J connectivity index is 2.03. The number of hydrogen-bond donors (Lipinski definition) is 1. The van der Waals surface area contributed by atoms with Gasteiger partial charge in [-0.15, -0.1) is 0 Å². The molecule has 0 amide bonds. The van der Waals surface area contributed by atoms with Crippen molar-refractivity contribution in [1.82, 2.24) is 15.3 Å². The Hall–Kier alpha value is -1.94. The SMILES string of the molecule is CCNC(c1ncc(C)cn1)c1cccc2c1OCCC2. The predicted molar refractivity (Wildman–Crippen MR) is 82.5 cm³/mol. The minimum Gasteiger partial charge on any atom is -0.493 e. The van der Waals surface area contributed by atoms with Gasteiger partial charge in [-0.05, 0) is 37.4 Å². The van der Waals surface area contributed by atoms with E-state index in [1.165, 1.54) is 5.56 Å². The van der Waals surface area contributed by atoms with Crippen molar-refractivity contribution in [2.24, 2.45) is 0 Å². The summed E-state index contributed by atoms with van der Waals surface area (Å²) in [7, 11) is 0. The van der Waals surface area contributed by atoms with Crippen molar-refractivity contribution in [2.45, 2.75) is 32.7 Å². The monoisotopic (exact) mass is 283 g/mol. The van der Waals surface area contributed by atoms with E-state index in [4.69, 9.17) is 4.74 Å². The third-order valence-corrected chi connectivity index (χ3v) is 3.74. The third kappa shape index (κ3) is 2.90. The van der Waals surface area contributed by atoms with Gasteiger partial charge < -0.3 is 10.1 Å². The molecule has 0 fully saturated rings. The lowest BCUT2D eigenvalue weighted by Crippen LogP contribution is -2.25. The first-order valence-corrected chi connectivity index (χ1v) is 7.56. The highest BCUT2D eigenvalue weighted by molar-refractivity contribution is 5.46. The molecule has 3 rings (SSSR count). The summed E-state index contributed by atoms with van der Waals surface area (Å²) in [6.07, 6.45) is 5.89. The molecule has 110 valence electrons. The van der Waals surface area contributed by atoms with Gasteiger partial charge in [0.2, 0.25) is 0 Å². The normalized spacial score (nSPS) is 15.1. The van der Waals surface area contributed by atoms with Gasteiger partial charge in [0.05, 0.1) is 12.6 Å². The van der Waals surface area contributed by atoms with E-state index in [9.17, 15) is 0 Å². The maximum atomic E-state index is 5.93. The van der Waals surface area contributed by atoms with E-state index >= 15 is 0 Å². The first-order valence-electron chi connectivity index (χ1n) is 7.56. The van der Waals surface area contributed by atoms with Crippen molar-refractivity contribution in [3.05, 3.63) is 53.1 Å². The van der Waals surface area contributed by atoms with Crippen molar-refractivity contribution in [1.29, 1.82) is 0 Å². The molecule has 0 spiro atoms. The summed E-state index contributed by atoms with van der Waals surface area (Å²) in [6, 6.07) is 6.34. The van der Waals surface area contributed by atoms with Crippen LogP contribution in [0.3, 0.4) is 0 Å². The number of rotatable bonds is 4. The molecule has 2 heterocycles. The molecular formula is C17H21N3O. The summed E-state index contributed by atoms with van der Waals surface area (Å²) in [5.41, 5.74) is 3.49. The van der Waals surface area contributed by atoms with Crippen LogP contribution in [0.15, 0.2) is 30.6 Å². The van der Waals surface area contributed by atoms with Crippen LogP contribution in [0.1, 0.15) is 41.9 Å². The van der Waals surface area contributed by atoms with E-state index in [0.717, 1.165) is 48.7 Å². The number of hydrogen-bond acceptors (Lipinski definition) is 4. The van der Waals surface area contributed by atoms with Crippen LogP contribution in [0.5, 0.6) is 5.75 Å². The average Bonchev–Trinajstić information content (AvgIpc) is 2.53. The molecule has 4 nitrogen and oxygen atoms in total. The highest BCUT2D eigenvalue weighted by Crippen LogP contribution is 2.34. The van der Waals surface area contributed by atoms with Gasteiger partial charge in [-0.25, -0.2) is 9.97 Å². The number of aromatic nitrogens is 2. The second kappa shape index (κ2) is 6.22. The largest absolute Gasteiger partial charge is 0.493 e. The zero-order chi connectivity index (χ0) is 14.7. The summed E-state index contributed by atoms with van der Waals surface area (Å²) in [5.74, 6) is 1.81. The molecule has 1 N–H and O–H groups in total. The number of ether oxygens (including phenoxy) is 1. The van der Waals surface area contributed by atoms with Crippen LogP contribution in [0.2, 0.25) is 0 Å². The molecule has 1 aromatic carbocycles. The van der Waals surface area contributed by atoms with E-state index in [1.54, 1.807) is 0 Å². The number of benzene rings is 1. The molecule has 1 aliphatic rings. The Labute approximate surface area is 125 Å². The molecule has 1 atom stereocenters. The van der Waals surface area contributed by atoms with Crippen LogP contribution in [-0.2, 0) is 6.42 Å². The highest BCUT2D eigenvalue weighted by Gasteiger charge is 2.23. The van der Waals surface area contributed by atoms with E-state index < -0.39 is 0 Å². The van der Waals surface area contributed by atoms with Gasteiger partial charge in [0.1, 0.15) is 11.6 Å². The molecule has 0 saturated carbocycles. The number of nitrogens with zero attached hydrogens (tertiary/aromatic N) is 2. The quantitative estimate of drug-likeness (QED) is 0.937. The molecule has 2 aromatic rings. The Morgan fingerprint density at radius 3 is 2.86 bits per heavy atom. The van der Waals surface area contributed by atoms with E-state index in [2.05, 4.69) is 40.4 Å². The Bertz CT molecular complexity index is 610. The van der Waals surface area contributed by atoms with Crippen LogP contribution in [0.4, 0.5) is 0 Å². The van der Waals surface area contributed by atoms with Crippen LogP contribution in [0, 0.1) is 6.92 Å². The second-order valence-electron chi connectivity index (χ2n) is 5.40. The van der Waals surface area contributed by atoms with Gasteiger partial charge in [0.15, 0.2) is 0 Å². The molecule has 1 aliphatic heterocycles. The van der Waals surface area contributed by atoms with Crippen molar-refractivity contribution < 1.29 is 4.74 Å². The zero-order valence-corrected chi connectivity index (χ0v) is 12.6. The Kier molecular flexibility index (Phi) is 4.15. The van der Waals surface area contributed by atoms with Gasteiger partial charge in [-0.1, -0.05) is 25.1 Å². The Morgan fingerprint density at radius 1 is 1.29 bits per heavy atom. The maximum absolute atomic E-state index is 5.93. The summed E-state index contributed by atoms with van der Waals surface area (Å²) < 4.78 is 5.93. The zero-order valence-electron chi connectivity index (χ0n) is 12.6. The van der Waals surface area contributed by atoms with Gasteiger partial charge in [-0.3, -0.25) is 0 Å². The van der Waals surface area contributed by atoms with Crippen LogP contribution >= 0.6 is 0 Å². The van der Waals surface area contributed by atoms with Gasteiger partial charge in [-0.2, -0.15) is 0 Å². The lowest BCUT2D eigenvalue weighted by molar-refractivity contribution is 0.282. The lowest BCUT2D eigenvalue weighted by atomic mass is 9.97. The van der Waals surface area contributed by atoms with Crippen molar-refractivity contribution in [3.63, 3.8) is 0 Å². The topological polar surface area (TPSA) is 47.0 Å². The molecule has 4 heteroatoms. The molecule has 0 aliphatic carbocycles. The summed E-state index contributed by atoms with van der Waals surface area (Å²) >= 11 is 0. The number of aryl methyl sites for hydroxylation is 2. The number of para-hydroxylation sites is 1.